The standard InChI is InChI=1S/C14H17N3O3/c1-19-11-5-3-10(4-6-11)7-8-15-13-12(20-2)14(18)17-9-16-13/h3-6,9H,7-8H2,1-2H3,(H2,15,16,17,18). The molecule has 0 saturated carbocycles. The molecule has 6 heteroatoms. The summed E-state index contributed by atoms with van der Waals surface area (Å²) < 4.78 is 10.1. The molecule has 0 aliphatic heterocycles. The number of anilines is 1. The zero-order valence-electron chi connectivity index (χ0n) is 11.5. The second kappa shape index (κ2) is 6.60. The van der Waals surface area contributed by atoms with E-state index >= 15 is 0 Å². The first-order valence-corrected chi connectivity index (χ1v) is 6.23. The average molecular weight is 275 g/mol. The molecule has 20 heavy (non-hydrogen) atoms. The number of H-pyrrole nitrogens is 1. The average Bonchev–Trinajstić information content (AvgIpc) is 2.48. The van der Waals surface area contributed by atoms with Gasteiger partial charge < -0.3 is 19.8 Å². The van der Waals surface area contributed by atoms with Crippen molar-refractivity contribution < 1.29 is 9.47 Å². The van der Waals surface area contributed by atoms with Gasteiger partial charge in [-0.2, -0.15) is 0 Å². The Balaban J connectivity index is 1.95. The molecule has 0 bridgehead atoms. The summed E-state index contributed by atoms with van der Waals surface area (Å²) in [6.45, 7) is 0.652. The maximum Gasteiger partial charge on any atom is 0.295 e. The zero-order chi connectivity index (χ0) is 14.4. The van der Waals surface area contributed by atoms with Crippen LogP contribution >= 0.6 is 0 Å². The van der Waals surface area contributed by atoms with Crippen molar-refractivity contribution in [1.82, 2.24) is 9.97 Å². The molecule has 0 aliphatic rings. The number of methoxy groups -OCH3 is 2. The van der Waals surface area contributed by atoms with Gasteiger partial charge in [0.2, 0.25) is 5.75 Å². The Bertz CT molecular complexity index is 608. The molecular formula is C14H17N3O3. The van der Waals surface area contributed by atoms with Crippen molar-refractivity contribution in [3.63, 3.8) is 0 Å². The predicted octanol–water partition coefficient (Wildman–Crippen LogP) is 1.44. The molecule has 0 saturated heterocycles. The SMILES string of the molecule is COc1ccc(CCNc2nc[nH]c(=O)c2OC)cc1. The Morgan fingerprint density at radius 1 is 1.20 bits per heavy atom. The number of benzene rings is 1. The van der Waals surface area contributed by atoms with Gasteiger partial charge >= 0.3 is 0 Å². The molecule has 6 nitrogen and oxygen atoms in total. The smallest absolute Gasteiger partial charge is 0.295 e. The second-order valence-electron chi connectivity index (χ2n) is 4.14. The van der Waals surface area contributed by atoms with Crippen LogP contribution in [0.5, 0.6) is 11.5 Å². The van der Waals surface area contributed by atoms with Crippen molar-refractivity contribution in [2.45, 2.75) is 6.42 Å². The molecule has 0 fully saturated rings. The van der Waals surface area contributed by atoms with Crippen LogP contribution in [0.4, 0.5) is 5.82 Å². The van der Waals surface area contributed by atoms with Crippen LogP contribution in [0.1, 0.15) is 5.56 Å². The fourth-order valence-electron chi connectivity index (χ4n) is 1.82. The summed E-state index contributed by atoms with van der Waals surface area (Å²) in [5, 5.41) is 3.09. The minimum Gasteiger partial charge on any atom is -0.497 e. The highest BCUT2D eigenvalue weighted by Gasteiger charge is 2.07. The summed E-state index contributed by atoms with van der Waals surface area (Å²) in [4.78, 5) is 18.0. The maximum absolute atomic E-state index is 11.5. The zero-order valence-corrected chi connectivity index (χ0v) is 11.5. The van der Waals surface area contributed by atoms with E-state index in [4.69, 9.17) is 9.47 Å². The van der Waals surface area contributed by atoms with E-state index in [2.05, 4.69) is 15.3 Å². The Kier molecular flexibility index (Phi) is 4.60. The van der Waals surface area contributed by atoms with Crippen molar-refractivity contribution in [3.8, 4) is 11.5 Å². The molecule has 0 aliphatic carbocycles. The van der Waals surface area contributed by atoms with Gasteiger partial charge in [-0.25, -0.2) is 4.98 Å². The number of hydrogen-bond acceptors (Lipinski definition) is 5. The van der Waals surface area contributed by atoms with Crippen molar-refractivity contribution in [3.05, 3.63) is 46.5 Å². The summed E-state index contributed by atoms with van der Waals surface area (Å²) >= 11 is 0. The minimum absolute atomic E-state index is 0.197. The number of hydrogen-bond donors (Lipinski definition) is 2. The Labute approximate surface area is 116 Å². The van der Waals surface area contributed by atoms with Crippen molar-refractivity contribution in [2.75, 3.05) is 26.1 Å². The number of nitrogens with one attached hydrogen (secondary N) is 2. The first-order chi connectivity index (χ1) is 9.74. The van der Waals surface area contributed by atoms with Crippen molar-refractivity contribution >= 4 is 5.82 Å². The molecule has 1 heterocycles. The summed E-state index contributed by atoms with van der Waals surface area (Å²) in [6.07, 6.45) is 2.15. The largest absolute Gasteiger partial charge is 0.497 e. The lowest BCUT2D eigenvalue weighted by molar-refractivity contribution is 0.408. The first-order valence-electron chi connectivity index (χ1n) is 6.23. The van der Waals surface area contributed by atoms with Gasteiger partial charge in [0, 0.05) is 6.54 Å². The maximum atomic E-state index is 11.5. The molecule has 2 N–H and O–H groups in total. The molecule has 2 rings (SSSR count). The highest BCUT2D eigenvalue weighted by Crippen LogP contribution is 2.15. The van der Waals surface area contributed by atoms with E-state index in [1.165, 1.54) is 19.0 Å². The number of aromatic amines is 1. The lowest BCUT2D eigenvalue weighted by Crippen LogP contribution is -2.15. The van der Waals surface area contributed by atoms with E-state index in [0.29, 0.717) is 12.4 Å². The number of ether oxygens (including phenoxy) is 2. The molecule has 0 unspecified atom stereocenters. The molecule has 106 valence electrons. The third kappa shape index (κ3) is 3.28. The third-order valence-corrected chi connectivity index (χ3v) is 2.88. The third-order valence-electron chi connectivity index (χ3n) is 2.88. The van der Waals surface area contributed by atoms with Gasteiger partial charge in [0.25, 0.3) is 5.56 Å². The summed E-state index contributed by atoms with van der Waals surface area (Å²) in [6, 6.07) is 7.84. The van der Waals surface area contributed by atoms with E-state index in [1.54, 1.807) is 7.11 Å². The Morgan fingerprint density at radius 3 is 2.60 bits per heavy atom. The van der Waals surface area contributed by atoms with Gasteiger partial charge in [-0.15, -0.1) is 0 Å². The van der Waals surface area contributed by atoms with Crippen LogP contribution in [0.3, 0.4) is 0 Å². The molecule has 0 spiro atoms. The highest BCUT2D eigenvalue weighted by molar-refractivity contribution is 5.47. The number of aromatic nitrogens is 2. The monoisotopic (exact) mass is 275 g/mol. The highest BCUT2D eigenvalue weighted by atomic mass is 16.5. The van der Waals surface area contributed by atoms with E-state index < -0.39 is 0 Å². The van der Waals surface area contributed by atoms with Gasteiger partial charge in [0.15, 0.2) is 5.82 Å². The molecule has 1 aromatic heterocycles. The molecule has 1 aromatic carbocycles. The Hall–Kier alpha value is -2.50. The van der Waals surface area contributed by atoms with E-state index in [-0.39, 0.29) is 11.3 Å². The molecule has 0 radical (unpaired) electrons. The van der Waals surface area contributed by atoms with Crippen molar-refractivity contribution in [1.29, 1.82) is 0 Å². The van der Waals surface area contributed by atoms with Gasteiger partial charge in [-0.1, -0.05) is 12.1 Å². The van der Waals surface area contributed by atoms with E-state index in [0.717, 1.165) is 12.2 Å². The summed E-state index contributed by atoms with van der Waals surface area (Å²) in [5.74, 6) is 1.48. The van der Waals surface area contributed by atoms with Crippen LogP contribution in [0, 0.1) is 0 Å². The van der Waals surface area contributed by atoms with Crippen LogP contribution in [0.15, 0.2) is 35.4 Å². The Morgan fingerprint density at radius 2 is 1.95 bits per heavy atom. The minimum atomic E-state index is -0.297. The lowest BCUT2D eigenvalue weighted by Gasteiger charge is -2.09. The molecular weight excluding hydrogens is 258 g/mol. The topological polar surface area (TPSA) is 76.2 Å². The van der Waals surface area contributed by atoms with Crippen LogP contribution in [-0.2, 0) is 6.42 Å². The number of rotatable bonds is 6. The van der Waals surface area contributed by atoms with E-state index in [1.807, 2.05) is 24.3 Å². The van der Waals surface area contributed by atoms with Crippen LogP contribution < -0.4 is 20.3 Å². The second-order valence-corrected chi connectivity index (χ2v) is 4.14. The predicted molar refractivity (Wildman–Crippen MR) is 76.6 cm³/mol. The summed E-state index contributed by atoms with van der Waals surface area (Å²) in [5.41, 5.74) is 0.872. The number of nitrogens with zero attached hydrogens (tertiary/aromatic N) is 1. The lowest BCUT2D eigenvalue weighted by atomic mass is 10.1. The fraction of sp³-hybridized carbons (Fsp3) is 0.286. The van der Waals surface area contributed by atoms with Gasteiger partial charge in [-0.3, -0.25) is 4.79 Å². The molecule has 2 aromatic rings. The molecule has 0 amide bonds. The normalized spacial score (nSPS) is 10.1. The van der Waals surface area contributed by atoms with Crippen LogP contribution in [0.2, 0.25) is 0 Å². The van der Waals surface area contributed by atoms with Gasteiger partial charge in [0.1, 0.15) is 5.75 Å². The van der Waals surface area contributed by atoms with E-state index in [9.17, 15) is 4.79 Å². The fourth-order valence-corrected chi connectivity index (χ4v) is 1.82. The summed E-state index contributed by atoms with van der Waals surface area (Å²) in [7, 11) is 3.09. The van der Waals surface area contributed by atoms with Gasteiger partial charge in [0.05, 0.1) is 20.5 Å². The van der Waals surface area contributed by atoms with Gasteiger partial charge in [-0.05, 0) is 24.1 Å². The van der Waals surface area contributed by atoms with Crippen LogP contribution in [0.25, 0.3) is 0 Å². The van der Waals surface area contributed by atoms with Crippen molar-refractivity contribution in [2.24, 2.45) is 0 Å². The first kappa shape index (κ1) is 13.9. The molecule has 0 atom stereocenters. The van der Waals surface area contributed by atoms with Crippen LogP contribution in [-0.4, -0.2) is 30.7 Å². The quantitative estimate of drug-likeness (QED) is 0.834.